The van der Waals surface area contributed by atoms with E-state index < -0.39 is 0 Å². The number of rotatable bonds is 4. The van der Waals surface area contributed by atoms with Crippen LogP contribution in [0.3, 0.4) is 0 Å². The van der Waals surface area contributed by atoms with Crippen LogP contribution in [0.1, 0.15) is 54.7 Å². The molecule has 1 aliphatic carbocycles. The van der Waals surface area contributed by atoms with Crippen molar-refractivity contribution < 1.29 is 14.3 Å². The van der Waals surface area contributed by atoms with Gasteiger partial charge in [-0.1, -0.05) is 0 Å². The maximum atomic E-state index is 12.3. The van der Waals surface area contributed by atoms with Gasteiger partial charge in [-0.25, -0.2) is 4.79 Å². The zero-order chi connectivity index (χ0) is 16.6. The van der Waals surface area contributed by atoms with Crippen LogP contribution in [0.2, 0.25) is 0 Å². The number of fused-ring (bicyclic) bond motifs is 1. The van der Waals surface area contributed by atoms with E-state index in [0.29, 0.717) is 10.4 Å². The van der Waals surface area contributed by atoms with Crippen molar-refractivity contribution in [2.45, 2.75) is 39.5 Å². The second kappa shape index (κ2) is 6.32. The Hall–Kier alpha value is -1.88. The summed E-state index contributed by atoms with van der Waals surface area (Å²) in [5.41, 5.74) is 3.82. The minimum atomic E-state index is -0.386. The number of thiophene rings is 1. The molecule has 4 nitrogen and oxygen atoms in total. The average Bonchev–Trinajstić information content (AvgIpc) is 3.09. The number of hydrogen-bond donors (Lipinski definition) is 0. The number of ketones is 1. The van der Waals surface area contributed by atoms with Gasteiger partial charge in [0.15, 0.2) is 6.61 Å². The largest absolute Gasteiger partial charge is 0.453 e. The first-order chi connectivity index (χ1) is 11.0. The second-order valence-corrected chi connectivity index (χ2v) is 7.25. The molecule has 3 rings (SSSR count). The Balaban J connectivity index is 1.65. The van der Waals surface area contributed by atoms with E-state index in [1.807, 2.05) is 37.6 Å². The van der Waals surface area contributed by atoms with Crippen molar-refractivity contribution in [1.82, 2.24) is 4.57 Å². The molecule has 0 bridgehead atoms. The summed E-state index contributed by atoms with van der Waals surface area (Å²) in [4.78, 5) is 26.4. The molecule has 0 unspecified atom stereocenters. The van der Waals surface area contributed by atoms with Gasteiger partial charge in [0.2, 0.25) is 5.78 Å². The number of carbonyl (C=O) groups excluding carboxylic acids is 2. The summed E-state index contributed by atoms with van der Waals surface area (Å²) in [6, 6.07) is 3.78. The molecular weight excluding hydrogens is 310 g/mol. The molecule has 0 saturated carbocycles. The average molecular weight is 331 g/mol. The highest BCUT2D eigenvalue weighted by molar-refractivity contribution is 7.14. The van der Waals surface area contributed by atoms with Gasteiger partial charge in [0.05, 0.1) is 0 Å². The molecular formula is C18H21NO3S. The van der Waals surface area contributed by atoms with Crippen LogP contribution in [0.4, 0.5) is 0 Å². The third-order valence-corrected chi connectivity index (χ3v) is 5.82. The summed E-state index contributed by atoms with van der Waals surface area (Å²) in [6.45, 7) is 3.65. The van der Waals surface area contributed by atoms with Crippen LogP contribution in [0.15, 0.2) is 12.1 Å². The van der Waals surface area contributed by atoms with Crippen LogP contribution in [-0.2, 0) is 24.6 Å². The minimum Gasteiger partial charge on any atom is -0.453 e. The Morgan fingerprint density at radius 3 is 2.61 bits per heavy atom. The van der Waals surface area contributed by atoms with Crippen LogP contribution < -0.4 is 0 Å². The minimum absolute atomic E-state index is 0.152. The number of aryl methyl sites for hydroxylation is 3. The summed E-state index contributed by atoms with van der Waals surface area (Å²) >= 11 is 1.51. The first kappa shape index (κ1) is 16.0. The van der Waals surface area contributed by atoms with Gasteiger partial charge in [0.1, 0.15) is 4.88 Å². The summed E-state index contributed by atoms with van der Waals surface area (Å²) in [5.74, 6) is -0.538. The number of aromatic nitrogens is 1. The van der Waals surface area contributed by atoms with Gasteiger partial charge in [-0.2, -0.15) is 0 Å². The zero-order valence-electron chi connectivity index (χ0n) is 13.8. The lowest BCUT2D eigenvalue weighted by atomic mass is 9.99. The highest BCUT2D eigenvalue weighted by atomic mass is 32.1. The second-order valence-electron chi connectivity index (χ2n) is 6.11. The van der Waals surface area contributed by atoms with Crippen molar-refractivity contribution in [1.29, 1.82) is 0 Å². The van der Waals surface area contributed by atoms with Crippen molar-refractivity contribution >= 4 is 23.1 Å². The molecule has 0 amide bonds. The van der Waals surface area contributed by atoms with Gasteiger partial charge in [-0.15, -0.1) is 11.3 Å². The molecule has 5 heteroatoms. The van der Waals surface area contributed by atoms with E-state index in [2.05, 4.69) is 0 Å². The third-order valence-electron chi connectivity index (χ3n) is 4.61. The predicted octanol–water partition coefficient (Wildman–Crippen LogP) is 3.62. The van der Waals surface area contributed by atoms with Crippen molar-refractivity contribution in [3.8, 4) is 0 Å². The fraction of sp³-hybridized carbons (Fsp3) is 0.444. The molecule has 2 aromatic heterocycles. The normalized spacial score (nSPS) is 13.7. The molecule has 0 aromatic carbocycles. The van der Waals surface area contributed by atoms with E-state index in [1.54, 1.807) is 0 Å². The molecule has 0 N–H and O–H groups in total. The number of hydrogen-bond acceptors (Lipinski definition) is 4. The van der Waals surface area contributed by atoms with E-state index in [4.69, 9.17) is 4.74 Å². The van der Waals surface area contributed by atoms with Crippen LogP contribution >= 0.6 is 11.3 Å². The number of carbonyl (C=O) groups is 2. The number of nitrogens with zero attached hydrogens (tertiary/aromatic N) is 1. The lowest BCUT2D eigenvalue weighted by Gasteiger charge is -2.08. The van der Waals surface area contributed by atoms with Crippen LogP contribution in [0, 0.1) is 13.8 Å². The molecule has 1 aliphatic rings. The Morgan fingerprint density at radius 2 is 1.96 bits per heavy atom. The van der Waals surface area contributed by atoms with E-state index in [9.17, 15) is 9.59 Å². The van der Waals surface area contributed by atoms with Crippen LogP contribution in [-0.4, -0.2) is 22.9 Å². The van der Waals surface area contributed by atoms with Gasteiger partial charge in [0, 0.05) is 28.9 Å². The van der Waals surface area contributed by atoms with Gasteiger partial charge < -0.3 is 9.30 Å². The number of esters is 1. The Labute approximate surface area is 140 Å². The smallest absolute Gasteiger partial charge is 0.348 e. The predicted molar refractivity (Wildman–Crippen MR) is 90.5 cm³/mol. The van der Waals surface area contributed by atoms with Gasteiger partial charge in [0.25, 0.3) is 0 Å². The highest BCUT2D eigenvalue weighted by Crippen LogP contribution is 2.30. The quantitative estimate of drug-likeness (QED) is 0.635. The maximum Gasteiger partial charge on any atom is 0.348 e. The molecule has 0 saturated heterocycles. The molecule has 0 fully saturated rings. The molecule has 0 atom stereocenters. The van der Waals surface area contributed by atoms with Crippen LogP contribution in [0.25, 0.3) is 0 Å². The molecule has 0 radical (unpaired) electrons. The molecule has 122 valence electrons. The lowest BCUT2D eigenvalue weighted by molar-refractivity contribution is 0.0479. The van der Waals surface area contributed by atoms with E-state index >= 15 is 0 Å². The number of ether oxygens (including phenoxy) is 1. The monoisotopic (exact) mass is 331 g/mol. The summed E-state index contributed by atoms with van der Waals surface area (Å²) in [7, 11) is 1.92. The fourth-order valence-electron chi connectivity index (χ4n) is 3.01. The lowest BCUT2D eigenvalue weighted by Crippen LogP contribution is -2.14. The van der Waals surface area contributed by atoms with Crippen molar-refractivity contribution in [2.75, 3.05) is 6.61 Å². The molecule has 0 spiro atoms. The third kappa shape index (κ3) is 3.11. The Bertz CT molecular complexity index is 746. The zero-order valence-corrected chi connectivity index (χ0v) is 14.6. The molecule has 23 heavy (non-hydrogen) atoms. The summed E-state index contributed by atoms with van der Waals surface area (Å²) in [5, 5.41) is 0. The highest BCUT2D eigenvalue weighted by Gasteiger charge is 2.20. The van der Waals surface area contributed by atoms with Crippen molar-refractivity contribution in [3.63, 3.8) is 0 Å². The summed E-state index contributed by atoms with van der Waals surface area (Å²) < 4.78 is 7.20. The summed E-state index contributed by atoms with van der Waals surface area (Å²) in [6.07, 6.45) is 4.46. The van der Waals surface area contributed by atoms with E-state index in [-0.39, 0.29) is 18.4 Å². The molecule has 2 aromatic rings. The fourth-order valence-corrected chi connectivity index (χ4v) is 4.16. The molecule has 2 heterocycles. The Morgan fingerprint density at radius 1 is 1.22 bits per heavy atom. The maximum absolute atomic E-state index is 12.3. The SMILES string of the molecule is Cc1cc(C(=O)COC(=O)c2cc3c(s2)CCCC3)c(C)n1C. The van der Waals surface area contributed by atoms with E-state index in [0.717, 1.165) is 24.2 Å². The van der Waals surface area contributed by atoms with Gasteiger partial charge >= 0.3 is 5.97 Å². The standard InChI is InChI=1S/C18H21NO3S/c1-11-8-14(12(2)19(11)3)15(20)10-22-18(21)17-9-13-6-4-5-7-16(13)23-17/h8-9H,4-7,10H2,1-3H3. The van der Waals surface area contributed by atoms with Crippen LogP contribution in [0.5, 0.6) is 0 Å². The van der Waals surface area contributed by atoms with E-state index in [1.165, 1.54) is 34.6 Å². The Kier molecular flexibility index (Phi) is 4.39. The number of Topliss-reactive ketones (excluding diaryl/α,β-unsaturated/α-hetero) is 1. The first-order valence-corrected chi connectivity index (χ1v) is 8.74. The first-order valence-electron chi connectivity index (χ1n) is 7.92. The van der Waals surface area contributed by atoms with Crippen molar-refractivity contribution in [2.24, 2.45) is 7.05 Å². The van der Waals surface area contributed by atoms with Crippen molar-refractivity contribution in [3.05, 3.63) is 44.4 Å². The van der Waals surface area contributed by atoms with Gasteiger partial charge in [-0.3, -0.25) is 4.79 Å². The van der Waals surface area contributed by atoms with Gasteiger partial charge in [-0.05, 0) is 57.2 Å². The molecule has 0 aliphatic heterocycles. The topological polar surface area (TPSA) is 48.3 Å².